The number of likely N-dealkylation sites (tertiary alicyclic amines) is 1. The monoisotopic (exact) mass is 194 g/mol. The summed E-state index contributed by atoms with van der Waals surface area (Å²) in [7, 11) is 0. The highest BCUT2D eigenvalue weighted by Crippen LogP contribution is 2.30. The maximum absolute atomic E-state index is 3.85. The second-order valence-corrected chi connectivity index (χ2v) is 5.36. The molecule has 0 aromatic carbocycles. The van der Waals surface area contributed by atoms with E-state index in [2.05, 4.69) is 10.2 Å². The van der Waals surface area contributed by atoms with E-state index in [1.807, 2.05) is 0 Å². The van der Waals surface area contributed by atoms with Crippen molar-refractivity contribution in [3.63, 3.8) is 0 Å². The minimum Gasteiger partial charge on any atom is -0.310 e. The van der Waals surface area contributed by atoms with Crippen LogP contribution in [-0.2, 0) is 0 Å². The van der Waals surface area contributed by atoms with Crippen LogP contribution < -0.4 is 5.32 Å². The number of hydrogen-bond acceptors (Lipinski definition) is 2. The van der Waals surface area contributed by atoms with Gasteiger partial charge in [0.2, 0.25) is 0 Å². The van der Waals surface area contributed by atoms with Gasteiger partial charge in [0.1, 0.15) is 0 Å². The molecule has 2 aliphatic carbocycles. The lowest BCUT2D eigenvalue weighted by Gasteiger charge is -2.19. The van der Waals surface area contributed by atoms with E-state index in [9.17, 15) is 0 Å². The molecule has 1 aliphatic heterocycles. The molecule has 0 spiro atoms. The van der Waals surface area contributed by atoms with E-state index in [1.165, 1.54) is 58.0 Å². The van der Waals surface area contributed by atoms with E-state index in [-0.39, 0.29) is 0 Å². The zero-order chi connectivity index (χ0) is 9.38. The zero-order valence-corrected chi connectivity index (χ0v) is 9.04. The van der Waals surface area contributed by atoms with Crippen molar-refractivity contribution < 1.29 is 0 Å². The van der Waals surface area contributed by atoms with Crippen LogP contribution in [0.5, 0.6) is 0 Å². The van der Waals surface area contributed by atoms with Crippen LogP contribution in [0, 0.1) is 0 Å². The van der Waals surface area contributed by atoms with E-state index in [0.717, 1.165) is 18.1 Å². The molecule has 1 atom stereocenters. The Bertz CT molecular complexity index is 194. The summed E-state index contributed by atoms with van der Waals surface area (Å²) in [4.78, 5) is 2.70. The van der Waals surface area contributed by atoms with Crippen molar-refractivity contribution in [1.82, 2.24) is 10.2 Å². The minimum atomic E-state index is 0.818. The maximum atomic E-state index is 3.85. The van der Waals surface area contributed by atoms with Gasteiger partial charge < -0.3 is 5.32 Å². The Morgan fingerprint density at radius 2 is 1.64 bits per heavy atom. The van der Waals surface area contributed by atoms with Crippen LogP contribution in [0.2, 0.25) is 0 Å². The quantitative estimate of drug-likeness (QED) is 0.736. The van der Waals surface area contributed by atoms with Gasteiger partial charge in [-0.25, -0.2) is 0 Å². The summed E-state index contributed by atoms with van der Waals surface area (Å²) in [5.41, 5.74) is 0. The van der Waals surface area contributed by atoms with Crippen LogP contribution in [0.3, 0.4) is 0 Å². The molecule has 0 amide bonds. The first-order chi connectivity index (χ1) is 6.92. The summed E-state index contributed by atoms with van der Waals surface area (Å²) >= 11 is 0. The lowest BCUT2D eigenvalue weighted by Crippen LogP contribution is -2.38. The molecule has 3 fully saturated rings. The van der Waals surface area contributed by atoms with E-state index in [0.29, 0.717) is 0 Å². The van der Waals surface area contributed by atoms with E-state index in [4.69, 9.17) is 0 Å². The van der Waals surface area contributed by atoms with Gasteiger partial charge in [-0.15, -0.1) is 0 Å². The molecule has 0 aromatic heterocycles. The van der Waals surface area contributed by atoms with Gasteiger partial charge in [0.15, 0.2) is 0 Å². The highest BCUT2D eigenvalue weighted by atomic mass is 15.2. The van der Waals surface area contributed by atoms with Crippen LogP contribution in [0.15, 0.2) is 0 Å². The summed E-state index contributed by atoms with van der Waals surface area (Å²) in [5, 5.41) is 3.85. The second-order valence-electron chi connectivity index (χ2n) is 5.36. The minimum absolute atomic E-state index is 0.818. The molecule has 1 unspecified atom stereocenters. The van der Waals surface area contributed by atoms with Gasteiger partial charge in [-0.1, -0.05) is 12.8 Å². The van der Waals surface area contributed by atoms with Crippen molar-refractivity contribution in [2.45, 2.75) is 63.1 Å². The second kappa shape index (κ2) is 3.82. The highest BCUT2D eigenvalue weighted by Gasteiger charge is 2.34. The largest absolute Gasteiger partial charge is 0.310 e. The molecule has 2 nitrogen and oxygen atoms in total. The third-order valence-electron chi connectivity index (χ3n) is 4.11. The Labute approximate surface area is 87.0 Å². The fourth-order valence-electron chi connectivity index (χ4n) is 3.12. The van der Waals surface area contributed by atoms with Crippen LogP contribution in [0.4, 0.5) is 0 Å². The molecule has 0 radical (unpaired) electrons. The van der Waals surface area contributed by atoms with Crippen molar-refractivity contribution in [2.75, 3.05) is 13.1 Å². The zero-order valence-electron chi connectivity index (χ0n) is 9.04. The smallest absolute Gasteiger partial charge is 0.0209 e. The number of nitrogens with zero attached hydrogens (tertiary/aromatic N) is 1. The topological polar surface area (TPSA) is 15.3 Å². The van der Waals surface area contributed by atoms with Gasteiger partial charge in [-0.3, -0.25) is 4.90 Å². The Hall–Kier alpha value is -0.0800. The van der Waals surface area contributed by atoms with Gasteiger partial charge in [-0.05, 0) is 32.1 Å². The third kappa shape index (κ3) is 1.96. The molecule has 0 aromatic rings. The van der Waals surface area contributed by atoms with Crippen LogP contribution >= 0.6 is 0 Å². The predicted molar refractivity (Wildman–Crippen MR) is 58.4 cm³/mol. The normalized spacial score (nSPS) is 35.6. The van der Waals surface area contributed by atoms with Crippen LogP contribution in [-0.4, -0.2) is 36.1 Å². The van der Waals surface area contributed by atoms with Crippen molar-refractivity contribution in [1.29, 1.82) is 0 Å². The lowest BCUT2D eigenvalue weighted by molar-refractivity contribution is 0.312. The average molecular weight is 194 g/mol. The summed E-state index contributed by atoms with van der Waals surface area (Å²) in [6, 6.07) is 2.66. The lowest BCUT2D eigenvalue weighted by atomic mass is 10.2. The number of hydrogen-bond donors (Lipinski definition) is 1. The predicted octanol–water partition coefficient (Wildman–Crippen LogP) is 1.76. The van der Waals surface area contributed by atoms with E-state index >= 15 is 0 Å². The molecule has 3 rings (SSSR count). The average Bonchev–Trinajstić information content (AvgIpc) is 2.75. The maximum Gasteiger partial charge on any atom is 0.0209 e. The summed E-state index contributed by atoms with van der Waals surface area (Å²) < 4.78 is 0. The molecule has 2 saturated carbocycles. The standard InChI is InChI=1S/C12H22N2/c1-2-4-10(3-1)13-11-7-8-14(9-11)12-5-6-12/h10-13H,1-9H2. The van der Waals surface area contributed by atoms with E-state index in [1.54, 1.807) is 0 Å². The fourth-order valence-corrected chi connectivity index (χ4v) is 3.12. The Kier molecular flexibility index (Phi) is 2.50. The molecule has 1 saturated heterocycles. The SMILES string of the molecule is C1CCC(NC2CCN(C3CC3)C2)C1. The van der Waals surface area contributed by atoms with Gasteiger partial charge in [-0.2, -0.15) is 0 Å². The van der Waals surface area contributed by atoms with Gasteiger partial charge in [0.25, 0.3) is 0 Å². The number of rotatable bonds is 3. The van der Waals surface area contributed by atoms with Crippen molar-refractivity contribution in [3.8, 4) is 0 Å². The molecule has 14 heavy (non-hydrogen) atoms. The fraction of sp³-hybridized carbons (Fsp3) is 1.00. The van der Waals surface area contributed by atoms with Crippen molar-refractivity contribution >= 4 is 0 Å². The Morgan fingerprint density at radius 3 is 2.36 bits per heavy atom. The van der Waals surface area contributed by atoms with E-state index < -0.39 is 0 Å². The van der Waals surface area contributed by atoms with Gasteiger partial charge in [0, 0.05) is 31.2 Å². The summed E-state index contributed by atoms with van der Waals surface area (Å²) in [6.07, 6.45) is 10.1. The van der Waals surface area contributed by atoms with Crippen molar-refractivity contribution in [3.05, 3.63) is 0 Å². The van der Waals surface area contributed by atoms with Crippen molar-refractivity contribution in [2.24, 2.45) is 0 Å². The Balaban J connectivity index is 1.45. The Morgan fingerprint density at radius 1 is 0.857 bits per heavy atom. The number of nitrogens with one attached hydrogen (secondary N) is 1. The molecular formula is C12H22N2. The summed E-state index contributed by atoms with van der Waals surface area (Å²) in [6.45, 7) is 2.69. The van der Waals surface area contributed by atoms with Gasteiger partial charge >= 0.3 is 0 Å². The highest BCUT2D eigenvalue weighted by molar-refractivity contribution is 4.93. The first-order valence-corrected chi connectivity index (χ1v) is 6.42. The van der Waals surface area contributed by atoms with Gasteiger partial charge in [0.05, 0.1) is 0 Å². The molecule has 2 heteroatoms. The molecule has 3 aliphatic rings. The molecule has 1 heterocycles. The molecule has 80 valence electrons. The third-order valence-corrected chi connectivity index (χ3v) is 4.11. The summed E-state index contributed by atoms with van der Waals surface area (Å²) in [5.74, 6) is 0. The molecular weight excluding hydrogens is 172 g/mol. The van der Waals surface area contributed by atoms with Crippen LogP contribution in [0.1, 0.15) is 44.9 Å². The molecule has 0 bridgehead atoms. The first-order valence-electron chi connectivity index (χ1n) is 6.42. The first kappa shape index (κ1) is 9.17. The molecule has 1 N–H and O–H groups in total. The van der Waals surface area contributed by atoms with Crippen LogP contribution in [0.25, 0.3) is 0 Å².